The summed E-state index contributed by atoms with van der Waals surface area (Å²) < 4.78 is 13.0. The first kappa shape index (κ1) is 8.51. The smallest absolute Gasteiger partial charge is 0.128 e. The molecule has 0 amide bonds. The fourth-order valence-corrected chi connectivity index (χ4v) is 1.45. The molecule has 13 heavy (non-hydrogen) atoms. The van der Waals surface area contributed by atoms with E-state index in [9.17, 15) is 4.39 Å². The topological polar surface area (TPSA) is 23.5 Å². The molecule has 70 valence electrons. The first-order valence-corrected chi connectivity index (χ1v) is 4.45. The Hall–Kier alpha value is -1.09. The highest BCUT2D eigenvalue weighted by molar-refractivity contribution is 5.50. The molecule has 1 N–H and O–H groups in total. The summed E-state index contributed by atoms with van der Waals surface area (Å²) in [6.45, 7) is 1.85. The van der Waals surface area contributed by atoms with Gasteiger partial charge in [-0.1, -0.05) is 0 Å². The average molecular weight is 181 g/mol. The maximum Gasteiger partial charge on any atom is 0.128 e. The molecule has 0 unspecified atom stereocenters. The molecule has 0 bridgehead atoms. The summed E-state index contributed by atoms with van der Waals surface area (Å²) in [5.74, 6) is -0.327. The van der Waals surface area contributed by atoms with Crippen LogP contribution in [0, 0.1) is 5.82 Å². The van der Waals surface area contributed by atoms with Crippen molar-refractivity contribution in [3.8, 4) is 0 Å². The molecular weight excluding hydrogens is 169 g/mol. The van der Waals surface area contributed by atoms with Crippen LogP contribution in [-0.4, -0.2) is 18.2 Å². The molecule has 0 aliphatic carbocycles. The number of benzene rings is 1. The van der Waals surface area contributed by atoms with E-state index in [4.69, 9.17) is 5.11 Å². The number of hydrogen-bond donors (Lipinski definition) is 1. The lowest BCUT2D eigenvalue weighted by Gasteiger charge is -2.33. The van der Waals surface area contributed by atoms with Gasteiger partial charge in [-0.3, -0.25) is 0 Å². The van der Waals surface area contributed by atoms with Gasteiger partial charge in [-0.05, 0) is 24.6 Å². The zero-order valence-corrected chi connectivity index (χ0v) is 7.33. The summed E-state index contributed by atoms with van der Waals surface area (Å²) in [7, 11) is 0. The van der Waals surface area contributed by atoms with Crippen molar-refractivity contribution in [2.75, 3.05) is 18.0 Å². The van der Waals surface area contributed by atoms with Crippen molar-refractivity contribution < 1.29 is 9.50 Å². The lowest BCUT2D eigenvalue weighted by Crippen LogP contribution is -2.37. The van der Waals surface area contributed by atoms with Gasteiger partial charge >= 0.3 is 0 Å². The van der Waals surface area contributed by atoms with Gasteiger partial charge in [-0.15, -0.1) is 0 Å². The van der Waals surface area contributed by atoms with E-state index < -0.39 is 0 Å². The second-order valence-corrected chi connectivity index (χ2v) is 3.27. The van der Waals surface area contributed by atoms with E-state index in [0.717, 1.165) is 18.8 Å². The van der Waals surface area contributed by atoms with Crippen LogP contribution >= 0.6 is 0 Å². The summed E-state index contributed by atoms with van der Waals surface area (Å²) in [5.41, 5.74) is 1.39. The fourth-order valence-electron chi connectivity index (χ4n) is 1.45. The number of rotatable bonds is 2. The van der Waals surface area contributed by atoms with Crippen molar-refractivity contribution in [2.24, 2.45) is 0 Å². The van der Waals surface area contributed by atoms with E-state index in [1.807, 2.05) is 0 Å². The Bertz CT molecular complexity index is 310. The van der Waals surface area contributed by atoms with Gasteiger partial charge in [-0.25, -0.2) is 4.39 Å². The van der Waals surface area contributed by atoms with Gasteiger partial charge in [0.15, 0.2) is 0 Å². The summed E-state index contributed by atoms with van der Waals surface area (Å²) in [6, 6.07) is 4.89. The number of hydrogen-bond acceptors (Lipinski definition) is 2. The fraction of sp³-hybridized carbons (Fsp3) is 0.400. The standard InChI is InChI=1S/C10H12FNO/c11-10-3-2-9(6-8(10)7-13)12-4-1-5-12/h2-3,6,13H,1,4-5,7H2. The maximum atomic E-state index is 13.0. The van der Waals surface area contributed by atoms with Crippen molar-refractivity contribution in [3.05, 3.63) is 29.6 Å². The van der Waals surface area contributed by atoms with Crippen LogP contribution in [0.3, 0.4) is 0 Å². The molecule has 1 aromatic rings. The van der Waals surface area contributed by atoms with E-state index in [1.165, 1.54) is 12.5 Å². The monoisotopic (exact) mass is 181 g/mol. The van der Waals surface area contributed by atoms with Crippen molar-refractivity contribution in [3.63, 3.8) is 0 Å². The van der Waals surface area contributed by atoms with Crippen LogP contribution in [0.15, 0.2) is 18.2 Å². The van der Waals surface area contributed by atoms with Crippen LogP contribution in [-0.2, 0) is 6.61 Å². The van der Waals surface area contributed by atoms with E-state index >= 15 is 0 Å². The highest BCUT2D eigenvalue weighted by Gasteiger charge is 2.15. The van der Waals surface area contributed by atoms with Crippen LogP contribution in [0.4, 0.5) is 10.1 Å². The molecule has 1 heterocycles. The van der Waals surface area contributed by atoms with Crippen LogP contribution in [0.5, 0.6) is 0 Å². The second-order valence-electron chi connectivity index (χ2n) is 3.27. The molecule has 0 aromatic heterocycles. The van der Waals surface area contributed by atoms with Crippen LogP contribution in [0.1, 0.15) is 12.0 Å². The van der Waals surface area contributed by atoms with Crippen molar-refractivity contribution in [2.45, 2.75) is 13.0 Å². The minimum atomic E-state index is -0.327. The van der Waals surface area contributed by atoms with Gasteiger partial charge < -0.3 is 10.0 Å². The van der Waals surface area contributed by atoms with E-state index in [0.29, 0.717) is 5.56 Å². The molecule has 3 heteroatoms. The van der Waals surface area contributed by atoms with Crippen LogP contribution < -0.4 is 4.90 Å². The summed E-state index contributed by atoms with van der Waals surface area (Å²) in [4.78, 5) is 2.17. The van der Waals surface area contributed by atoms with Gasteiger partial charge in [0.25, 0.3) is 0 Å². The van der Waals surface area contributed by atoms with Crippen molar-refractivity contribution in [1.29, 1.82) is 0 Å². The number of aliphatic hydroxyl groups is 1. The summed E-state index contributed by atoms with van der Waals surface area (Å²) in [5, 5.41) is 8.86. The highest BCUT2D eigenvalue weighted by atomic mass is 19.1. The molecule has 2 rings (SSSR count). The Morgan fingerprint density at radius 3 is 2.69 bits per heavy atom. The average Bonchev–Trinajstić information content (AvgIpc) is 2.05. The van der Waals surface area contributed by atoms with Gasteiger partial charge in [0.1, 0.15) is 5.82 Å². The summed E-state index contributed by atoms with van der Waals surface area (Å²) in [6.07, 6.45) is 1.20. The molecule has 1 aliphatic heterocycles. The first-order valence-electron chi connectivity index (χ1n) is 4.45. The van der Waals surface area contributed by atoms with Crippen molar-refractivity contribution in [1.82, 2.24) is 0 Å². The maximum absolute atomic E-state index is 13.0. The SMILES string of the molecule is OCc1cc(N2CCC2)ccc1F. The Morgan fingerprint density at radius 1 is 1.38 bits per heavy atom. The van der Waals surface area contributed by atoms with Crippen LogP contribution in [0.25, 0.3) is 0 Å². The van der Waals surface area contributed by atoms with Gasteiger partial charge in [0.05, 0.1) is 6.61 Å². The third-order valence-corrected chi connectivity index (χ3v) is 2.42. The minimum Gasteiger partial charge on any atom is -0.392 e. The molecule has 0 atom stereocenters. The van der Waals surface area contributed by atoms with Crippen molar-refractivity contribution >= 4 is 5.69 Å². The zero-order chi connectivity index (χ0) is 9.26. The molecule has 0 saturated carbocycles. The Balaban J connectivity index is 2.26. The molecule has 1 aliphatic rings. The van der Waals surface area contributed by atoms with Gasteiger partial charge in [0.2, 0.25) is 0 Å². The number of halogens is 1. The first-order chi connectivity index (χ1) is 6.31. The van der Waals surface area contributed by atoms with Crippen LogP contribution in [0.2, 0.25) is 0 Å². The quantitative estimate of drug-likeness (QED) is 0.747. The van der Waals surface area contributed by atoms with E-state index in [2.05, 4.69) is 4.90 Å². The number of aliphatic hydroxyl groups excluding tert-OH is 1. The third-order valence-electron chi connectivity index (χ3n) is 2.42. The molecule has 0 spiro atoms. The molecule has 2 nitrogen and oxygen atoms in total. The molecular formula is C10H12FNO. The minimum absolute atomic E-state index is 0.229. The summed E-state index contributed by atoms with van der Waals surface area (Å²) >= 11 is 0. The number of nitrogens with zero attached hydrogens (tertiary/aromatic N) is 1. The lowest BCUT2D eigenvalue weighted by molar-refractivity contribution is 0.275. The zero-order valence-electron chi connectivity index (χ0n) is 7.33. The molecule has 1 fully saturated rings. The largest absolute Gasteiger partial charge is 0.392 e. The van der Waals surface area contributed by atoms with E-state index in [1.54, 1.807) is 12.1 Å². The Labute approximate surface area is 76.6 Å². The predicted molar refractivity (Wildman–Crippen MR) is 49.2 cm³/mol. The Kier molecular flexibility index (Phi) is 2.19. The van der Waals surface area contributed by atoms with E-state index in [-0.39, 0.29) is 12.4 Å². The molecule has 1 saturated heterocycles. The third kappa shape index (κ3) is 1.52. The van der Waals surface area contributed by atoms with Gasteiger partial charge in [0, 0.05) is 24.3 Å². The Morgan fingerprint density at radius 2 is 2.15 bits per heavy atom. The van der Waals surface area contributed by atoms with Gasteiger partial charge in [-0.2, -0.15) is 0 Å². The lowest BCUT2D eigenvalue weighted by atomic mass is 10.1. The molecule has 1 aromatic carbocycles. The number of anilines is 1. The normalized spacial score (nSPS) is 15.7. The molecule has 0 radical (unpaired) electrons. The second kappa shape index (κ2) is 3.34. The highest BCUT2D eigenvalue weighted by Crippen LogP contribution is 2.23. The predicted octanol–water partition coefficient (Wildman–Crippen LogP) is 1.53.